The van der Waals surface area contributed by atoms with Gasteiger partial charge in [-0.25, -0.2) is 13.6 Å². The minimum atomic E-state index is -1.30. The van der Waals surface area contributed by atoms with Gasteiger partial charge in [0.15, 0.2) is 0 Å². The smallest absolute Gasteiger partial charge is 0.415 e. The molecule has 8 nitrogen and oxygen atoms in total. The number of ether oxygens (including phenoxy) is 2. The lowest BCUT2D eigenvalue weighted by atomic mass is 9.62. The number of carbonyl (C=O) groups excluding carboxylic acids is 2. The average Bonchev–Trinajstić information content (AvgIpc) is 2.83. The van der Waals surface area contributed by atoms with E-state index in [0.29, 0.717) is 50.7 Å². The second kappa shape index (κ2) is 10.2. The summed E-state index contributed by atoms with van der Waals surface area (Å²) in [5, 5.41) is 9.60. The van der Waals surface area contributed by atoms with Crippen molar-refractivity contribution in [1.82, 2.24) is 9.80 Å². The largest absolute Gasteiger partial charge is 0.480 e. The molecular weight excluding hydrogens is 474 g/mol. The van der Waals surface area contributed by atoms with Crippen molar-refractivity contribution >= 4 is 18.0 Å². The minimum absolute atomic E-state index is 0.0127. The molecule has 1 aromatic carbocycles. The molecule has 2 amide bonds. The van der Waals surface area contributed by atoms with Gasteiger partial charge in [0.05, 0.1) is 6.04 Å². The summed E-state index contributed by atoms with van der Waals surface area (Å²) in [5.74, 6) is -3.15. The second-order valence-electron chi connectivity index (χ2n) is 10.1. The van der Waals surface area contributed by atoms with Gasteiger partial charge in [-0.15, -0.1) is 0 Å². The second-order valence-corrected chi connectivity index (χ2v) is 10.1. The van der Waals surface area contributed by atoms with E-state index in [2.05, 4.69) is 0 Å². The molecule has 3 fully saturated rings. The van der Waals surface area contributed by atoms with Crippen LogP contribution in [-0.4, -0.2) is 64.7 Å². The molecule has 2 aliphatic heterocycles. The molecular formula is C26H32F2N2O6. The standard InChI is InChI=1S/C26H32F2N2O6/c1-3-17(2)36-24(34)30-15-21(18-12-19(27)14-20(28)13-18)29(16-22(31)32)23(33)26(30)6-4-25(5-7-26)8-10-35-11-9-25/h3,12-14,21H,4-11,15-16H2,1-2H3,(H,31,32)/b17-3+/t21-/m0/s1. The molecule has 0 aromatic heterocycles. The monoisotopic (exact) mass is 506 g/mol. The number of carboxylic acids is 1. The lowest BCUT2D eigenvalue weighted by Gasteiger charge is -2.56. The first-order valence-electron chi connectivity index (χ1n) is 12.3. The number of amides is 2. The molecule has 0 unspecified atom stereocenters. The number of carboxylic acid groups (broad SMARTS) is 1. The van der Waals surface area contributed by atoms with Crippen molar-refractivity contribution in [2.24, 2.45) is 5.41 Å². The number of hydrogen-bond donors (Lipinski definition) is 1. The zero-order valence-corrected chi connectivity index (χ0v) is 20.6. The van der Waals surface area contributed by atoms with Gasteiger partial charge in [0, 0.05) is 25.8 Å². The highest BCUT2D eigenvalue weighted by atomic mass is 19.1. The highest BCUT2D eigenvalue weighted by molar-refractivity contribution is 5.93. The Hall–Kier alpha value is -3.01. The number of carbonyl (C=O) groups is 3. The van der Waals surface area contributed by atoms with Crippen LogP contribution in [-0.2, 0) is 19.1 Å². The SMILES string of the molecule is C/C=C(\C)OC(=O)N1C[C@@H](c2cc(F)cc(F)c2)N(CC(=O)O)C(=O)C12CCC1(CCOCC1)CC2. The van der Waals surface area contributed by atoms with Gasteiger partial charge in [-0.05, 0) is 81.6 Å². The van der Waals surface area contributed by atoms with Crippen LogP contribution in [0.4, 0.5) is 13.6 Å². The minimum Gasteiger partial charge on any atom is -0.480 e. The quantitative estimate of drug-likeness (QED) is 0.608. The van der Waals surface area contributed by atoms with E-state index in [1.807, 2.05) is 0 Å². The van der Waals surface area contributed by atoms with E-state index in [-0.39, 0.29) is 17.5 Å². The number of aliphatic carboxylic acids is 1. The highest BCUT2D eigenvalue weighted by Gasteiger charge is 2.58. The summed E-state index contributed by atoms with van der Waals surface area (Å²) in [6, 6.07) is 1.77. The first-order valence-corrected chi connectivity index (χ1v) is 12.3. The van der Waals surface area contributed by atoms with Gasteiger partial charge in [-0.1, -0.05) is 0 Å². The number of rotatable bonds is 4. The van der Waals surface area contributed by atoms with Crippen molar-refractivity contribution in [3.8, 4) is 0 Å². The Morgan fingerprint density at radius 2 is 1.72 bits per heavy atom. The normalized spacial score (nSPS) is 23.7. The Labute approximate surface area is 208 Å². The van der Waals surface area contributed by atoms with Crippen LogP contribution in [0, 0.1) is 17.0 Å². The molecule has 196 valence electrons. The Bertz CT molecular complexity index is 1040. The van der Waals surface area contributed by atoms with Crippen molar-refractivity contribution in [3.63, 3.8) is 0 Å². The van der Waals surface area contributed by atoms with Gasteiger partial charge in [0.2, 0.25) is 5.91 Å². The van der Waals surface area contributed by atoms with Crippen LogP contribution >= 0.6 is 0 Å². The van der Waals surface area contributed by atoms with E-state index in [1.165, 1.54) is 4.90 Å². The molecule has 1 aromatic rings. The average molecular weight is 507 g/mol. The van der Waals surface area contributed by atoms with Crippen LogP contribution in [0.15, 0.2) is 30.0 Å². The Balaban J connectivity index is 1.75. The highest BCUT2D eigenvalue weighted by Crippen LogP contribution is 2.52. The van der Waals surface area contributed by atoms with Crippen LogP contribution in [0.1, 0.15) is 64.0 Å². The molecule has 1 atom stereocenters. The topological polar surface area (TPSA) is 96.4 Å². The maximum atomic E-state index is 14.1. The van der Waals surface area contributed by atoms with Crippen LogP contribution in [0.2, 0.25) is 0 Å². The number of piperazine rings is 1. The van der Waals surface area contributed by atoms with E-state index < -0.39 is 47.7 Å². The molecule has 3 aliphatic rings. The predicted molar refractivity (Wildman–Crippen MR) is 125 cm³/mol. The molecule has 4 rings (SSSR count). The third-order valence-electron chi connectivity index (χ3n) is 8.05. The van der Waals surface area contributed by atoms with E-state index in [0.717, 1.165) is 29.9 Å². The summed E-state index contributed by atoms with van der Waals surface area (Å²) in [4.78, 5) is 41.8. The number of nitrogens with zero attached hydrogens (tertiary/aromatic N) is 2. The number of hydrogen-bond acceptors (Lipinski definition) is 5. The number of allylic oxidation sites excluding steroid dienone is 2. The van der Waals surface area contributed by atoms with Gasteiger partial charge in [0.1, 0.15) is 29.5 Å². The molecule has 1 saturated carbocycles. The van der Waals surface area contributed by atoms with Gasteiger partial charge < -0.3 is 19.5 Å². The summed E-state index contributed by atoms with van der Waals surface area (Å²) in [5.41, 5.74) is -1.21. The maximum Gasteiger partial charge on any atom is 0.415 e. The Kier molecular flexibility index (Phi) is 7.36. The molecule has 0 radical (unpaired) electrons. The van der Waals surface area contributed by atoms with Gasteiger partial charge in [-0.3, -0.25) is 14.5 Å². The van der Waals surface area contributed by atoms with E-state index in [9.17, 15) is 28.3 Å². The molecule has 36 heavy (non-hydrogen) atoms. The van der Waals surface area contributed by atoms with Crippen LogP contribution in [0.5, 0.6) is 0 Å². The maximum absolute atomic E-state index is 14.1. The van der Waals surface area contributed by atoms with E-state index in [4.69, 9.17) is 9.47 Å². The van der Waals surface area contributed by atoms with Crippen molar-refractivity contribution in [2.75, 3.05) is 26.3 Å². The fourth-order valence-electron chi connectivity index (χ4n) is 5.83. The molecule has 0 bridgehead atoms. The van der Waals surface area contributed by atoms with E-state index >= 15 is 0 Å². The van der Waals surface area contributed by atoms with Crippen LogP contribution in [0.25, 0.3) is 0 Å². The third kappa shape index (κ3) is 4.96. The van der Waals surface area contributed by atoms with Crippen molar-refractivity contribution in [1.29, 1.82) is 0 Å². The molecule has 1 N–H and O–H groups in total. The first-order chi connectivity index (χ1) is 17.1. The summed E-state index contributed by atoms with van der Waals surface area (Å²) in [6.07, 6.45) is 4.64. The predicted octanol–water partition coefficient (Wildman–Crippen LogP) is 4.40. The summed E-state index contributed by atoms with van der Waals surface area (Å²) in [6.45, 7) is 3.82. The lowest BCUT2D eigenvalue weighted by molar-refractivity contribution is -0.166. The Morgan fingerprint density at radius 1 is 1.11 bits per heavy atom. The summed E-state index contributed by atoms with van der Waals surface area (Å²) in [7, 11) is 0. The van der Waals surface area contributed by atoms with E-state index in [1.54, 1.807) is 19.9 Å². The number of halogens is 2. The lowest BCUT2D eigenvalue weighted by Crippen LogP contribution is -2.69. The van der Waals surface area contributed by atoms with Gasteiger partial charge in [0.25, 0.3) is 0 Å². The zero-order chi connectivity index (χ0) is 26.1. The van der Waals surface area contributed by atoms with Crippen LogP contribution in [0.3, 0.4) is 0 Å². The van der Waals surface area contributed by atoms with Gasteiger partial charge in [-0.2, -0.15) is 0 Å². The van der Waals surface area contributed by atoms with Crippen molar-refractivity contribution in [2.45, 2.75) is 64.0 Å². The third-order valence-corrected chi connectivity index (χ3v) is 8.05. The molecule has 1 aliphatic carbocycles. The zero-order valence-electron chi connectivity index (χ0n) is 20.6. The summed E-state index contributed by atoms with van der Waals surface area (Å²) < 4.78 is 39.2. The molecule has 2 spiro atoms. The fourth-order valence-corrected chi connectivity index (χ4v) is 5.83. The van der Waals surface area contributed by atoms with Crippen molar-refractivity contribution in [3.05, 3.63) is 47.2 Å². The fraction of sp³-hybridized carbons (Fsp3) is 0.577. The first kappa shape index (κ1) is 26.1. The number of benzene rings is 1. The summed E-state index contributed by atoms with van der Waals surface area (Å²) >= 11 is 0. The Morgan fingerprint density at radius 3 is 2.28 bits per heavy atom. The van der Waals surface area contributed by atoms with Gasteiger partial charge >= 0.3 is 12.1 Å². The molecule has 2 heterocycles. The van der Waals surface area contributed by atoms with Crippen LogP contribution < -0.4 is 0 Å². The van der Waals surface area contributed by atoms with Crippen molar-refractivity contribution < 1.29 is 37.7 Å². The molecule has 10 heteroatoms. The molecule has 2 saturated heterocycles.